The quantitative estimate of drug-likeness (QED) is 0.336. The van der Waals surface area contributed by atoms with E-state index in [9.17, 15) is 9.59 Å². The molecule has 2 unspecified atom stereocenters. The van der Waals surface area contributed by atoms with Crippen molar-refractivity contribution in [3.05, 3.63) is 24.3 Å². The molecule has 0 aromatic heterocycles. The molecule has 2 atom stereocenters. The highest BCUT2D eigenvalue weighted by Gasteiger charge is 2.46. The second-order valence-corrected chi connectivity index (χ2v) is 10.9. The van der Waals surface area contributed by atoms with Crippen molar-refractivity contribution < 1.29 is 23.5 Å². The summed E-state index contributed by atoms with van der Waals surface area (Å²) in [5.74, 6) is -0.873. The van der Waals surface area contributed by atoms with Gasteiger partial charge in [0.05, 0.1) is 5.54 Å². The van der Waals surface area contributed by atoms with Gasteiger partial charge in [0.1, 0.15) is 12.2 Å². The molecule has 0 aromatic rings. The van der Waals surface area contributed by atoms with Crippen LogP contribution in [0.3, 0.4) is 0 Å². The van der Waals surface area contributed by atoms with Gasteiger partial charge >= 0.3 is 11.9 Å². The number of ether oxygens (including phenoxy) is 2. The van der Waals surface area contributed by atoms with Gasteiger partial charge in [0.15, 0.2) is 8.32 Å². The molecule has 0 rings (SSSR count). The minimum absolute atomic E-state index is 0.191. The molecular weight excluding hydrogens is 324 g/mol. The number of rotatable bonds is 10. The zero-order valence-electron chi connectivity index (χ0n) is 16.1. The fourth-order valence-electron chi connectivity index (χ4n) is 2.57. The summed E-state index contributed by atoms with van der Waals surface area (Å²) in [5.41, 5.74) is 0.497. The average molecular weight is 357 g/mol. The van der Waals surface area contributed by atoms with Crippen LogP contribution >= 0.6 is 0 Å². The highest BCUT2D eigenvalue weighted by atomic mass is 28.4. The van der Waals surface area contributed by atoms with E-state index >= 15 is 0 Å². The Morgan fingerprint density at radius 2 is 1.25 bits per heavy atom. The molecule has 0 spiro atoms. The summed E-state index contributed by atoms with van der Waals surface area (Å²) in [6.07, 6.45) is 0.396. The van der Waals surface area contributed by atoms with Crippen LogP contribution in [0.15, 0.2) is 24.3 Å². The van der Waals surface area contributed by atoms with E-state index in [1.807, 2.05) is 26.9 Å². The Bertz CT molecular complexity index is 448. The van der Waals surface area contributed by atoms with E-state index in [0.29, 0.717) is 24.0 Å². The van der Waals surface area contributed by atoms with E-state index in [0.717, 1.165) is 0 Å². The van der Waals surface area contributed by atoms with Crippen LogP contribution in [0, 0.1) is 0 Å². The van der Waals surface area contributed by atoms with Crippen LogP contribution in [0.5, 0.6) is 0 Å². The molecule has 6 heteroatoms. The van der Waals surface area contributed by atoms with Crippen molar-refractivity contribution >= 4 is 20.3 Å². The van der Waals surface area contributed by atoms with Gasteiger partial charge in [-0.2, -0.15) is 0 Å². The van der Waals surface area contributed by atoms with Gasteiger partial charge in [-0.3, -0.25) is 0 Å². The molecule has 0 saturated heterocycles. The Kier molecular flexibility index (Phi) is 9.21. The maximum absolute atomic E-state index is 12.0. The van der Waals surface area contributed by atoms with Crippen LogP contribution in [-0.4, -0.2) is 39.6 Å². The summed E-state index contributed by atoms with van der Waals surface area (Å²) < 4.78 is 17.0. The van der Waals surface area contributed by atoms with Crippen molar-refractivity contribution in [3.8, 4) is 0 Å². The first-order valence-electron chi connectivity index (χ1n) is 8.29. The van der Waals surface area contributed by atoms with Crippen molar-refractivity contribution in [2.75, 3.05) is 7.11 Å². The van der Waals surface area contributed by atoms with Gasteiger partial charge in [-0.25, -0.2) is 9.59 Å². The van der Waals surface area contributed by atoms with Gasteiger partial charge in [0.25, 0.3) is 0 Å². The molecule has 0 radical (unpaired) electrons. The third-order valence-electron chi connectivity index (χ3n) is 4.15. The summed E-state index contributed by atoms with van der Waals surface area (Å²) >= 11 is 0. The first-order chi connectivity index (χ1) is 11.0. The topological polar surface area (TPSA) is 61.8 Å². The number of hydrogen-bond acceptors (Lipinski definition) is 5. The van der Waals surface area contributed by atoms with Crippen LogP contribution in [-0.2, 0) is 23.5 Å². The van der Waals surface area contributed by atoms with Crippen molar-refractivity contribution in [3.63, 3.8) is 0 Å². The predicted molar refractivity (Wildman–Crippen MR) is 98.2 cm³/mol. The standard InChI is InChI=1S/C18H32O5Si/c1-10-14(22-17(19)12(3)4)16(24(8,9)21-7)15(11-2)23-18(20)13(5)6/h14-16H,3,5,10-11H2,1-2,4,6-9H3. The monoisotopic (exact) mass is 356 g/mol. The highest BCUT2D eigenvalue weighted by molar-refractivity contribution is 6.73. The van der Waals surface area contributed by atoms with Crippen LogP contribution in [0.1, 0.15) is 40.5 Å². The number of carbonyl (C=O) groups is 2. The van der Waals surface area contributed by atoms with Crippen molar-refractivity contribution in [2.45, 2.75) is 71.4 Å². The number of hydrogen-bond donors (Lipinski definition) is 0. The summed E-state index contributed by atoms with van der Waals surface area (Å²) in [4.78, 5) is 24.0. The Morgan fingerprint density at radius 3 is 1.46 bits per heavy atom. The molecule has 0 aromatic carbocycles. The lowest BCUT2D eigenvalue weighted by molar-refractivity contribution is -0.151. The second-order valence-electron chi connectivity index (χ2n) is 6.60. The molecule has 0 aliphatic carbocycles. The number of esters is 2. The lowest BCUT2D eigenvalue weighted by Crippen LogP contribution is -2.49. The molecule has 5 nitrogen and oxygen atoms in total. The van der Waals surface area contributed by atoms with E-state index in [-0.39, 0.29) is 5.54 Å². The summed E-state index contributed by atoms with van der Waals surface area (Å²) in [6.45, 7) is 18.4. The molecule has 0 N–H and O–H groups in total. The molecule has 0 amide bonds. The first-order valence-corrected chi connectivity index (χ1v) is 11.3. The maximum atomic E-state index is 12.0. The molecular formula is C18H32O5Si. The molecule has 0 saturated carbocycles. The van der Waals surface area contributed by atoms with Gasteiger partial charge < -0.3 is 13.9 Å². The van der Waals surface area contributed by atoms with Gasteiger partial charge in [-0.1, -0.05) is 27.0 Å². The molecule has 0 fully saturated rings. The zero-order chi connectivity index (χ0) is 19.1. The molecule has 0 bridgehead atoms. The molecule has 24 heavy (non-hydrogen) atoms. The van der Waals surface area contributed by atoms with Crippen molar-refractivity contribution in [2.24, 2.45) is 0 Å². The third kappa shape index (κ3) is 6.24. The predicted octanol–water partition coefficient (Wildman–Crippen LogP) is 4.00. The van der Waals surface area contributed by atoms with Crippen LogP contribution in [0.4, 0.5) is 0 Å². The Morgan fingerprint density at radius 1 is 0.917 bits per heavy atom. The van der Waals surface area contributed by atoms with Crippen LogP contribution in [0.2, 0.25) is 18.6 Å². The normalized spacial score (nSPS) is 15.1. The average Bonchev–Trinajstić information content (AvgIpc) is 2.51. The van der Waals surface area contributed by atoms with Crippen LogP contribution < -0.4 is 0 Å². The fourth-order valence-corrected chi connectivity index (χ4v) is 5.24. The summed E-state index contributed by atoms with van der Waals surface area (Å²) in [5, 5.41) is 0. The Labute approximate surface area is 147 Å². The lowest BCUT2D eigenvalue weighted by atomic mass is 10.1. The Hall–Kier alpha value is -1.40. The molecule has 138 valence electrons. The molecule has 0 aliphatic heterocycles. The minimum Gasteiger partial charge on any atom is -0.459 e. The second kappa shape index (κ2) is 9.79. The van der Waals surface area contributed by atoms with E-state index in [1.165, 1.54) is 0 Å². The summed E-state index contributed by atoms with van der Waals surface area (Å²) in [6, 6.07) is 0. The van der Waals surface area contributed by atoms with Gasteiger partial charge in [0.2, 0.25) is 0 Å². The van der Waals surface area contributed by atoms with Gasteiger partial charge in [-0.15, -0.1) is 0 Å². The number of carbonyl (C=O) groups excluding carboxylic acids is 2. The minimum atomic E-state index is -2.29. The van der Waals surface area contributed by atoms with Gasteiger partial charge in [0, 0.05) is 18.3 Å². The highest BCUT2D eigenvalue weighted by Crippen LogP contribution is 2.37. The molecule has 0 heterocycles. The fraction of sp³-hybridized carbons (Fsp3) is 0.667. The molecule has 0 aliphatic rings. The van der Waals surface area contributed by atoms with E-state index < -0.39 is 32.5 Å². The smallest absolute Gasteiger partial charge is 0.333 e. The largest absolute Gasteiger partial charge is 0.459 e. The lowest BCUT2D eigenvalue weighted by Gasteiger charge is -2.40. The van der Waals surface area contributed by atoms with E-state index in [4.69, 9.17) is 13.9 Å². The van der Waals surface area contributed by atoms with Gasteiger partial charge in [-0.05, 0) is 39.8 Å². The third-order valence-corrected chi connectivity index (χ3v) is 7.55. The maximum Gasteiger partial charge on any atom is 0.333 e. The van der Waals surface area contributed by atoms with Crippen molar-refractivity contribution in [1.82, 2.24) is 0 Å². The zero-order valence-corrected chi connectivity index (χ0v) is 17.1. The van der Waals surface area contributed by atoms with Crippen molar-refractivity contribution in [1.29, 1.82) is 0 Å². The summed E-state index contributed by atoms with van der Waals surface area (Å²) in [7, 11) is -0.639. The SMILES string of the molecule is C=C(C)C(=O)OC(CC)C(C(CC)OC(=O)C(=C)C)[Si](C)(C)OC. The van der Waals surface area contributed by atoms with E-state index in [2.05, 4.69) is 13.2 Å². The first kappa shape index (κ1) is 22.6. The van der Waals surface area contributed by atoms with Crippen LogP contribution in [0.25, 0.3) is 0 Å². The Balaban J connectivity index is 5.69. The van der Waals surface area contributed by atoms with E-state index in [1.54, 1.807) is 21.0 Å².